The number of benzene rings is 2. The van der Waals surface area contributed by atoms with Gasteiger partial charge in [-0.3, -0.25) is 24.6 Å². The molecule has 2 aliphatic rings. The van der Waals surface area contributed by atoms with Crippen LogP contribution in [0.4, 0.5) is 5.69 Å². The lowest BCUT2D eigenvalue weighted by atomic mass is 9.95. The third-order valence-corrected chi connectivity index (χ3v) is 6.28. The number of carbonyl (C=O) groups is 2. The van der Waals surface area contributed by atoms with Crippen molar-refractivity contribution in [2.75, 3.05) is 46.5 Å². The van der Waals surface area contributed by atoms with Crippen LogP contribution in [0.2, 0.25) is 0 Å². The molecule has 1 N–H and O–H groups in total. The van der Waals surface area contributed by atoms with Gasteiger partial charge in [0.15, 0.2) is 0 Å². The van der Waals surface area contributed by atoms with Gasteiger partial charge < -0.3 is 19.5 Å². The van der Waals surface area contributed by atoms with E-state index >= 15 is 0 Å². The number of hydrogen-bond acceptors (Lipinski definition) is 8. The molecule has 2 heterocycles. The van der Waals surface area contributed by atoms with E-state index in [0.717, 1.165) is 19.6 Å². The first-order valence-corrected chi connectivity index (χ1v) is 11.4. The number of Topliss-reactive ketones (excluding diaryl/α,β-unsaturated/α-hetero) is 1. The average Bonchev–Trinajstić information content (AvgIpc) is 3.14. The summed E-state index contributed by atoms with van der Waals surface area (Å²) < 4.78 is 10.6. The minimum absolute atomic E-state index is 0.0523. The number of aliphatic hydroxyl groups excluding tert-OH is 1. The largest absolute Gasteiger partial charge is 0.507 e. The molecule has 1 amide bonds. The van der Waals surface area contributed by atoms with E-state index in [0.29, 0.717) is 43.1 Å². The van der Waals surface area contributed by atoms with Crippen LogP contribution in [0.15, 0.2) is 54.1 Å². The number of non-ortho nitro benzene ring substituents is 1. The molecular weight excluding hydrogens is 454 g/mol. The molecule has 10 nitrogen and oxygen atoms in total. The van der Waals surface area contributed by atoms with Crippen molar-refractivity contribution in [1.82, 2.24) is 9.80 Å². The molecule has 2 fully saturated rings. The van der Waals surface area contributed by atoms with Gasteiger partial charge >= 0.3 is 0 Å². The first-order chi connectivity index (χ1) is 16.9. The minimum atomic E-state index is -0.869. The second-order valence-electron chi connectivity index (χ2n) is 8.38. The summed E-state index contributed by atoms with van der Waals surface area (Å²) in [6, 6.07) is 11.4. The Morgan fingerprint density at radius 2 is 1.86 bits per heavy atom. The van der Waals surface area contributed by atoms with Crippen LogP contribution in [0.3, 0.4) is 0 Å². The molecule has 184 valence electrons. The minimum Gasteiger partial charge on any atom is -0.507 e. The highest BCUT2D eigenvalue weighted by atomic mass is 16.6. The summed E-state index contributed by atoms with van der Waals surface area (Å²) in [6.07, 6.45) is 0.621. The summed E-state index contributed by atoms with van der Waals surface area (Å²) >= 11 is 0. The quantitative estimate of drug-likeness (QED) is 0.201. The van der Waals surface area contributed by atoms with Crippen LogP contribution in [0.25, 0.3) is 5.76 Å². The summed E-state index contributed by atoms with van der Waals surface area (Å²) in [7, 11) is 1.49. The van der Waals surface area contributed by atoms with Gasteiger partial charge in [-0.2, -0.15) is 0 Å². The number of carbonyl (C=O) groups excluding carboxylic acids is 2. The fraction of sp³-hybridized carbons (Fsp3) is 0.360. The van der Waals surface area contributed by atoms with Crippen molar-refractivity contribution in [3.63, 3.8) is 0 Å². The molecule has 2 aromatic carbocycles. The monoisotopic (exact) mass is 481 g/mol. The first kappa shape index (κ1) is 24.4. The number of nitro groups is 1. The highest BCUT2D eigenvalue weighted by Gasteiger charge is 2.46. The maximum Gasteiger partial charge on any atom is 0.295 e. The van der Waals surface area contributed by atoms with E-state index in [-0.39, 0.29) is 17.0 Å². The molecule has 0 spiro atoms. The van der Waals surface area contributed by atoms with Gasteiger partial charge in [0.1, 0.15) is 11.5 Å². The molecule has 0 aliphatic carbocycles. The maximum absolute atomic E-state index is 13.1. The predicted molar refractivity (Wildman–Crippen MR) is 127 cm³/mol. The topological polar surface area (TPSA) is 122 Å². The molecule has 35 heavy (non-hydrogen) atoms. The Morgan fingerprint density at radius 1 is 1.14 bits per heavy atom. The standard InChI is InChI=1S/C25H27N3O7/c1-34-20-5-2-4-18(16-20)23(29)21-22(17-6-8-19(9-7-17)28(32)33)27(25(31)24(21)30)11-3-10-26-12-14-35-15-13-26/h2,4-9,16,22,29H,3,10-15H2,1H3/b23-21+/t22-/m1/s1. The van der Waals surface area contributed by atoms with Gasteiger partial charge in [-0.15, -0.1) is 0 Å². The number of methoxy groups -OCH3 is 1. The fourth-order valence-electron chi connectivity index (χ4n) is 4.45. The number of nitro benzene ring substituents is 1. The summed E-state index contributed by atoms with van der Waals surface area (Å²) in [6.45, 7) is 3.95. The van der Waals surface area contributed by atoms with Crippen LogP contribution >= 0.6 is 0 Å². The van der Waals surface area contributed by atoms with Crippen LogP contribution in [0, 0.1) is 10.1 Å². The average molecular weight is 482 g/mol. The highest BCUT2D eigenvalue weighted by molar-refractivity contribution is 6.46. The Bertz CT molecular complexity index is 1140. The van der Waals surface area contributed by atoms with Gasteiger partial charge in [-0.1, -0.05) is 12.1 Å². The molecule has 0 saturated carbocycles. The third kappa shape index (κ3) is 5.18. The maximum atomic E-state index is 13.1. The van der Waals surface area contributed by atoms with E-state index in [4.69, 9.17) is 9.47 Å². The van der Waals surface area contributed by atoms with E-state index in [2.05, 4.69) is 4.90 Å². The van der Waals surface area contributed by atoms with Crippen LogP contribution in [-0.2, 0) is 14.3 Å². The number of ether oxygens (including phenoxy) is 2. The summed E-state index contributed by atoms with van der Waals surface area (Å²) in [4.78, 5) is 40.5. The zero-order chi connectivity index (χ0) is 24.9. The second-order valence-corrected chi connectivity index (χ2v) is 8.38. The molecule has 0 radical (unpaired) electrons. The number of hydrogen-bond donors (Lipinski definition) is 1. The van der Waals surface area contributed by atoms with Crippen molar-refractivity contribution in [2.45, 2.75) is 12.5 Å². The lowest BCUT2D eigenvalue weighted by Gasteiger charge is -2.29. The molecule has 0 bridgehead atoms. The van der Waals surface area contributed by atoms with E-state index in [1.807, 2.05) is 0 Å². The number of morpholine rings is 1. The number of ketones is 1. The Kier molecular flexibility index (Phi) is 7.42. The molecule has 0 aromatic heterocycles. The summed E-state index contributed by atoms with van der Waals surface area (Å²) in [5.41, 5.74) is 0.683. The van der Waals surface area contributed by atoms with Gasteiger partial charge in [0.2, 0.25) is 0 Å². The number of rotatable bonds is 8. The molecule has 0 unspecified atom stereocenters. The Labute approximate surface area is 202 Å². The molecule has 1 atom stereocenters. The normalized spacial score (nSPS) is 20.3. The molecule has 10 heteroatoms. The van der Waals surface area contributed by atoms with Crippen molar-refractivity contribution in [1.29, 1.82) is 0 Å². The van der Waals surface area contributed by atoms with Crippen LogP contribution in [-0.4, -0.2) is 78.0 Å². The summed E-state index contributed by atoms with van der Waals surface area (Å²) in [5, 5.41) is 22.3. The van der Waals surface area contributed by atoms with Crippen molar-refractivity contribution in [3.05, 3.63) is 75.3 Å². The fourth-order valence-corrected chi connectivity index (χ4v) is 4.45. The van der Waals surface area contributed by atoms with Crippen LogP contribution < -0.4 is 4.74 Å². The predicted octanol–water partition coefficient (Wildman–Crippen LogP) is 2.75. The van der Waals surface area contributed by atoms with Crippen molar-refractivity contribution in [3.8, 4) is 5.75 Å². The van der Waals surface area contributed by atoms with Crippen molar-refractivity contribution < 1.29 is 29.1 Å². The lowest BCUT2D eigenvalue weighted by Crippen LogP contribution is -2.38. The van der Waals surface area contributed by atoms with Crippen LogP contribution in [0.1, 0.15) is 23.6 Å². The van der Waals surface area contributed by atoms with Gasteiger partial charge in [0.05, 0.1) is 36.9 Å². The SMILES string of the molecule is COc1cccc(/C(O)=C2\C(=O)C(=O)N(CCCN3CCOCC3)[C@@H]2c2ccc([N+](=O)[O-])cc2)c1. The molecule has 4 rings (SSSR count). The molecule has 2 saturated heterocycles. The van der Waals surface area contributed by atoms with Gasteiger partial charge in [-0.25, -0.2) is 0 Å². The van der Waals surface area contributed by atoms with Gasteiger partial charge in [0, 0.05) is 43.9 Å². The van der Waals surface area contributed by atoms with Crippen LogP contribution in [0.5, 0.6) is 5.75 Å². The molecule has 2 aromatic rings. The number of aliphatic hydroxyl groups is 1. The van der Waals surface area contributed by atoms with Crippen molar-refractivity contribution in [2.24, 2.45) is 0 Å². The third-order valence-electron chi connectivity index (χ3n) is 6.28. The number of likely N-dealkylation sites (tertiary alicyclic amines) is 1. The zero-order valence-corrected chi connectivity index (χ0v) is 19.4. The Hall–Kier alpha value is -3.76. The number of nitrogens with zero attached hydrogens (tertiary/aromatic N) is 3. The van der Waals surface area contributed by atoms with E-state index in [9.17, 15) is 24.8 Å². The van der Waals surface area contributed by atoms with E-state index in [1.165, 1.54) is 36.3 Å². The highest BCUT2D eigenvalue weighted by Crippen LogP contribution is 2.40. The van der Waals surface area contributed by atoms with Crippen molar-refractivity contribution >= 4 is 23.1 Å². The molecule has 2 aliphatic heterocycles. The number of amides is 1. The van der Waals surface area contributed by atoms with Gasteiger partial charge in [0.25, 0.3) is 17.4 Å². The van der Waals surface area contributed by atoms with Gasteiger partial charge in [-0.05, 0) is 36.2 Å². The smallest absolute Gasteiger partial charge is 0.295 e. The van der Waals surface area contributed by atoms with E-state index in [1.54, 1.807) is 24.3 Å². The van der Waals surface area contributed by atoms with E-state index < -0.39 is 22.7 Å². The Morgan fingerprint density at radius 3 is 2.51 bits per heavy atom. The molecular formula is C25H27N3O7. The second kappa shape index (κ2) is 10.7. The Balaban J connectivity index is 1.69. The zero-order valence-electron chi connectivity index (χ0n) is 19.4. The summed E-state index contributed by atoms with van der Waals surface area (Å²) in [5.74, 6) is -1.33. The lowest BCUT2D eigenvalue weighted by molar-refractivity contribution is -0.384. The first-order valence-electron chi connectivity index (χ1n) is 11.4.